The second kappa shape index (κ2) is 4.33. The Balaban J connectivity index is 2.11. The first-order valence-corrected chi connectivity index (χ1v) is 6.46. The minimum atomic E-state index is 0.956. The van der Waals surface area contributed by atoms with Gasteiger partial charge < -0.3 is 9.97 Å². The van der Waals surface area contributed by atoms with Crippen molar-refractivity contribution in [2.75, 3.05) is 0 Å². The summed E-state index contributed by atoms with van der Waals surface area (Å²) in [5.41, 5.74) is 4.87. The number of H-pyrrole nitrogens is 2. The third-order valence-corrected chi connectivity index (χ3v) is 3.43. The van der Waals surface area contributed by atoms with Crippen molar-refractivity contribution in [2.45, 2.75) is 26.7 Å². The average Bonchev–Trinajstić information content (AvgIpc) is 3.04. The van der Waals surface area contributed by atoms with E-state index in [9.17, 15) is 0 Å². The normalized spacial score (nSPS) is 11.2. The van der Waals surface area contributed by atoms with Crippen molar-refractivity contribution in [3.63, 3.8) is 0 Å². The predicted octanol–water partition coefficient (Wildman–Crippen LogP) is 3.68. The van der Waals surface area contributed by atoms with Crippen LogP contribution >= 0.6 is 0 Å². The van der Waals surface area contributed by atoms with Gasteiger partial charge in [-0.2, -0.15) is 0 Å². The zero-order valence-electron chi connectivity index (χ0n) is 10.7. The molecule has 0 aliphatic carbocycles. The fraction of sp³-hybridized carbons (Fsp3) is 0.267. The molecule has 0 aliphatic rings. The summed E-state index contributed by atoms with van der Waals surface area (Å²) in [6, 6.07) is 6.44. The number of benzene rings is 1. The van der Waals surface area contributed by atoms with Gasteiger partial charge in [-0.25, -0.2) is 4.98 Å². The van der Waals surface area contributed by atoms with Gasteiger partial charge in [-0.3, -0.25) is 0 Å². The average molecular weight is 239 g/mol. The molecule has 0 atom stereocenters. The van der Waals surface area contributed by atoms with Crippen LogP contribution in [0.25, 0.3) is 22.3 Å². The Morgan fingerprint density at radius 1 is 1.17 bits per heavy atom. The van der Waals surface area contributed by atoms with Crippen molar-refractivity contribution in [1.29, 1.82) is 0 Å². The largest absolute Gasteiger partial charge is 0.361 e. The molecule has 0 bridgehead atoms. The summed E-state index contributed by atoms with van der Waals surface area (Å²) in [6.45, 7) is 4.30. The number of nitrogens with zero attached hydrogens (tertiary/aromatic N) is 1. The number of imidazole rings is 1. The molecule has 0 saturated carbocycles. The zero-order valence-corrected chi connectivity index (χ0v) is 10.7. The van der Waals surface area contributed by atoms with Gasteiger partial charge in [-0.1, -0.05) is 13.8 Å². The van der Waals surface area contributed by atoms with Crippen molar-refractivity contribution in [2.24, 2.45) is 0 Å². The maximum Gasteiger partial charge on any atom is 0.137 e. The highest BCUT2D eigenvalue weighted by Crippen LogP contribution is 2.25. The van der Waals surface area contributed by atoms with E-state index in [2.05, 4.69) is 53.2 Å². The summed E-state index contributed by atoms with van der Waals surface area (Å²) in [7, 11) is 0. The predicted molar refractivity (Wildman–Crippen MR) is 74.6 cm³/mol. The molecule has 0 amide bonds. The van der Waals surface area contributed by atoms with Gasteiger partial charge in [0.15, 0.2) is 0 Å². The molecule has 18 heavy (non-hydrogen) atoms. The summed E-state index contributed by atoms with van der Waals surface area (Å²) in [4.78, 5) is 11.1. The molecule has 0 spiro atoms. The lowest BCUT2D eigenvalue weighted by atomic mass is 10.1. The Kier molecular flexibility index (Phi) is 2.67. The van der Waals surface area contributed by atoms with E-state index in [4.69, 9.17) is 0 Å². The highest BCUT2D eigenvalue weighted by atomic mass is 14.9. The quantitative estimate of drug-likeness (QED) is 0.719. The van der Waals surface area contributed by atoms with Gasteiger partial charge >= 0.3 is 0 Å². The smallest absolute Gasteiger partial charge is 0.137 e. The topological polar surface area (TPSA) is 44.5 Å². The van der Waals surface area contributed by atoms with E-state index >= 15 is 0 Å². The van der Waals surface area contributed by atoms with Crippen LogP contribution in [0.3, 0.4) is 0 Å². The Hall–Kier alpha value is -2.03. The van der Waals surface area contributed by atoms with E-state index in [1.807, 2.05) is 6.20 Å². The number of fused-ring (bicyclic) bond motifs is 1. The summed E-state index contributed by atoms with van der Waals surface area (Å²) in [6.07, 6.45) is 6.03. The van der Waals surface area contributed by atoms with Crippen LogP contribution in [0.4, 0.5) is 0 Å². The van der Waals surface area contributed by atoms with E-state index in [1.165, 1.54) is 22.2 Å². The Morgan fingerprint density at radius 3 is 2.78 bits per heavy atom. The van der Waals surface area contributed by atoms with Gasteiger partial charge in [0.05, 0.1) is 0 Å². The molecule has 2 heterocycles. The molecule has 3 aromatic rings. The number of nitrogens with one attached hydrogen (secondary N) is 2. The van der Waals surface area contributed by atoms with Crippen LogP contribution in [0.15, 0.2) is 30.6 Å². The highest BCUT2D eigenvalue weighted by molar-refractivity contribution is 5.87. The van der Waals surface area contributed by atoms with E-state index in [0.717, 1.165) is 24.2 Å². The van der Waals surface area contributed by atoms with E-state index in [0.29, 0.717) is 0 Å². The highest BCUT2D eigenvalue weighted by Gasteiger charge is 2.06. The molecule has 0 aliphatic heterocycles. The van der Waals surface area contributed by atoms with Crippen molar-refractivity contribution in [3.8, 4) is 11.4 Å². The van der Waals surface area contributed by atoms with Crippen LogP contribution in [-0.4, -0.2) is 15.0 Å². The van der Waals surface area contributed by atoms with Crippen molar-refractivity contribution < 1.29 is 0 Å². The minimum Gasteiger partial charge on any atom is -0.361 e. The summed E-state index contributed by atoms with van der Waals surface area (Å²) in [5.74, 6) is 0.956. The van der Waals surface area contributed by atoms with Gasteiger partial charge in [0.1, 0.15) is 5.82 Å². The van der Waals surface area contributed by atoms with Crippen LogP contribution in [0.2, 0.25) is 0 Å². The van der Waals surface area contributed by atoms with Crippen LogP contribution in [-0.2, 0) is 12.8 Å². The summed E-state index contributed by atoms with van der Waals surface area (Å²) < 4.78 is 0. The molecule has 3 rings (SSSR count). The van der Waals surface area contributed by atoms with E-state index < -0.39 is 0 Å². The standard InChI is InChI=1S/C15H17N3/c1-3-10-8-16-14-6-5-11(7-13(10)14)15-17-9-12(4-2)18-15/h5-9,16H,3-4H2,1-2H3,(H,17,18). The Morgan fingerprint density at radius 2 is 2.06 bits per heavy atom. The lowest BCUT2D eigenvalue weighted by Gasteiger charge is -1.99. The first-order valence-electron chi connectivity index (χ1n) is 6.46. The fourth-order valence-electron chi connectivity index (χ4n) is 2.30. The van der Waals surface area contributed by atoms with Gasteiger partial charge in [-0.05, 0) is 36.6 Å². The number of aromatic amines is 2. The van der Waals surface area contributed by atoms with Gasteiger partial charge in [0.2, 0.25) is 0 Å². The monoisotopic (exact) mass is 239 g/mol. The van der Waals surface area contributed by atoms with Gasteiger partial charge in [0.25, 0.3) is 0 Å². The lowest BCUT2D eigenvalue weighted by Crippen LogP contribution is -1.83. The molecule has 1 aromatic carbocycles. The van der Waals surface area contributed by atoms with Crippen molar-refractivity contribution in [1.82, 2.24) is 15.0 Å². The van der Waals surface area contributed by atoms with E-state index in [-0.39, 0.29) is 0 Å². The van der Waals surface area contributed by atoms with Crippen LogP contribution in [0.5, 0.6) is 0 Å². The van der Waals surface area contributed by atoms with Gasteiger partial charge in [-0.15, -0.1) is 0 Å². The molecule has 2 N–H and O–H groups in total. The molecule has 0 unspecified atom stereocenters. The second-order valence-corrected chi connectivity index (χ2v) is 4.54. The van der Waals surface area contributed by atoms with E-state index in [1.54, 1.807) is 0 Å². The zero-order chi connectivity index (χ0) is 12.5. The first-order chi connectivity index (χ1) is 8.81. The maximum atomic E-state index is 4.44. The molecular weight excluding hydrogens is 222 g/mol. The second-order valence-electron chi connectivity index (χ2n) is 4.54. The summed E-state index contributed by atoms with van der Waals surface area (Å²) in [5, 5.41) is 1.30. The molecule has 0 radical (unpaired) electrons. The third-order valence-electron chi connectivity index (χ3n) is 3.43. The maximum absolute atomic E-state index is 4.44. The number of hydrogen-bond acceptors (Lipinski definition) is 1. The van der Waals surface area contributed by atoms with Crippen molar-refractivity contribution >= 4 is 10.9 Å². The number of rotatable bonds is 3. The fourth-order valence-corrected chi connectivity index (χ4v) is 2.30. The Labute approximate surface area is 106 Å². The van der Waals surface area contributed by atoms with Gasteiger partial charge in [0, 0.05) is 34.6 Å². The molecule has 2 aromatic heterocycles. The Bertz CT molecular complexity index is 676. The SMILES string of the molecule is CCc1cnc(-c2ccc3[nH]cc(CC)c3c2)[nH]1. The molecule has 0 saturated heterocycles. The van der Waals surface area contributed by atoms with Crippen LogP contribution in [0.1, 0.15) is 25.1 Å². The molecule has 0 fully saturated rings. The molecule has 3 nitrogen and oxygen atoms in total. The number of aryl methyl sites for hydroxylation is 2. The molecule has 3 heteroatoms. The van der Waals surface area contributed by atoms with Crippen LogP contribution < -0.4 is 0 Å². The third kappa shape index (κ3) is 1.72. The first kappa shape index (κ1) is 11.1. The number of hydrogen-bond donors (Lipinski definition) is 2. The minimum absolute atomic E-state index is 0.956. The van der Waals surface area contributed by atoms with Crippen molar-refractivity contribution in [3.05, 3.63) is 41.9 Å². The molecule has 92 valence electrons. The lowest BCUT2D eigenvalue weighted by molar-refractivity contribution is 1.07. The number of aromatic nitrogens is 3. The van der Waals surface area contributed by atoms with Crippen LogP contribution in [0, 0.1) is 0 Å². The molecular formula is C15H17N3. The summed E-state index contributed by atoms with van der Waals surface area (Å²) >= 11 is 0.